The number of aliphatic hydroxyl groups is 1. The number of hydrogen-bond acceptors (Lipinski definition) is 3. The molecular formula is C11H23NO3S. The van der Waals surface area contributed by atoms with E-state index in [-0.39, 0.29) is 17.8 Å². The van der Waals surface area contributed by atoms with E-state index in [4.69, 9.17) is 5.11 Å². The van der Waals surface area contributed by atoms with Crippen molar-refractivity contribution in [3.05, 3.63) is 0 Å². The largest absolute Gasteiger partial charge is 0.393 e. The smallest absolute Gasteiger partial charge is 0.211 e. The third kappa shape index (κ3) is 5.27. The lowest BCUT2D eigenvalue weighted by Gasteiger charge is -2.25. The summed E-state index contributed by atoms with van der Waals surface area (Å²) >= 11 is 0. The molecule has 0 aromatic rings. The standard InChI is InChI=1S/C11H23NO3S/c1-9(6-10(2)13)7-12-16(14,15)8-11-4-3-5-11/h9-13H,3-8H2,1-2H3. The molecule has 0 aromatic heterocycles. The van der Waals surface area contributed by atoms with Gasteiger partial charge in [0.1, 0.15) is 0 Å². The Kier molecular flexibility index (Phi) is 5.21. The van der Waals surface area contributed by atoms with Gasteiger partial charge in [0.15, 0.2) is 0 Å². The molecule has 1 fully saturated rings. The van der Waals surface area contributed by atoms with Crippen molar-refractivity contribution in [1.82, 2.24) is 4.72 Å². The maximum Gasteiger partial charge on any atom is 0.211 e. The Morgan fingerprint density at radius 3 is 2.44 bits per heavy atom. The number of sulfonamides is 1. The van der Waals surface area contributed by atoms with E-state index in [0.29, 0.717) is 18.9 Å². The fourth-order valence-electron chi connectivity index (χ4n) is 1.96. The first-order chi connectivity index (χ1) is 7.39. The fourth-order valence-corrected chi connectivity index (χ4v) is 3.57. The lowest BCUT2D eigenvalue weighted by atomic mass is 9.87. The predicted molar refractivity (Wildman–Crippen MR) is 64.6 cm³/mol. The van der Waals surface area contributed by atoms with Gasteiger partial charge in [0, 0.05) is 6.54 Å². The molecule has 0 heterocycles. The van der Waals surface area contributed by atoms with Gasteiger partial charge in [-0.05, 0) is 38.0 Å². The molecule has 1 saturated carbocycles. The highest BCUT2D eigenvalue weighted by Gasteiger charge is 2.24. The summed E-state index contributed by atoms with van der Waals surface area (Å²) in [5.74, 6) is 0.815. The molecule has 0 bridgehead atoms. The maximum atomic E-state index is 11.7. The SMILES string of the molecule is CC(O)CC(C)CNS(=O)(=O)CC1CCC1. The van der Waals surface area contributed by atoms with Gasteiger partial charge in [-0.1, -0.05) is 13.3 Å². The van der Waals surface area contributed by atoms with Crippen LogP contribution in [0.3, 0.4) is 0 Å². The monoisotopic (exact) mass is 249 g/mol. The molecule has 0 radical (unpaired) electrons. The van der Waals surface area contributed by atoms with Gasteiger partial charge in [-0.2, -0.15) is 0 Å². The third-order valence-corrected chi connectivity index (χ3v) is 4.59. The summed E-state index contributed by atoms with van der Waals surface area (Å²) in [5.41, 5.74) is 0. The topological polar surface area (TPSA) is 66.4 Å². The highest BCUT2D eigenvalue weighted by Crippen LogP contribution is 2.27. The Labute approximate surface area is 98.5 Å². The van der Waals surface area contributed by atoms with Crippen LogP contribution in [0.25, 0.3) is 0 Å². The van der Waals surface area contributed by atoms with Crippen LogP contribution in [0.1, 0.15) is 39.5 Å². The quantitative estimate of drug-likeness (QED) is 0.710. The van der Waals surface area contributed by atoms with Gasteiger partial charge in [0.05, 0.1) is 11.9 Å². The van der Waals surface area contributed by atoms with Crippen LogP contribution >= 0.6 is 0 Å². The van der Waals surface area contributed by atoms with Crippen molar-refractivity contribution >= 4 is 10.0 Å². The average Bonchev–Trinajstić information content (AvgIpc) is 2.08. The van der Waals surface area contributed by atoms with E-state index < -0.39 is 10.0 Å². The number of hydrogen-bond donors (Lipinski definition) is 2. The predicted octanol–water partition coefficient (Wildman–Crippen LogP) is 1.11. The summed E-state index contributed by atoms with van der Waals surface area (Å²) < 4.78 is 25.9. The van der Waals surface area contributed by atoms with Crippen LogP contribution in [-0.2, 0) is 10.0 Å². The summed E-state index contributed by atoms with van der Waals surface area (Å²) in [6.45, 7) is 4.10. The first kappa shape index (κ1) is 13.9. The first-order valence-corrected chi connectivity index (χ1v) is 7.69. The van der Waals surface area contributed by atoms with Crippen LogP contribution in [0, 0.1) is 11.8 Å². The van der Waals surface area contributed by atoms with Gasteiger partial charge in [-0.25, -0.2) is 13.1 Å². The van der Waals surface area contributed by atoms with E-state index in [1.165, 1.54) is 6.42 Å². The van der Waals surface area contributed by atoms with Crippen LogP contribution in [0.15, 0.2) is 0 Å². The molecule has 1 aliphatic carbocycles. The zero-order chi connectivity index (χ0) is 12.2. The molecule has 0 saturated heterocycles. The van der Waals surface area contributed by atoms with E-state index >= 15 is 0 Å². The zero-order valence-corrected chi connectivity index (χ0v) is 11.0. The van der Waals surface area contributed by atoms with Crippen molar-refractivity contribution in [3.8, 4) is 0 Å². The Balaban J connectivity index is 2.24. The van der Waals surface area contributed by atoms with Crippen molar-refractivity contribution in [2.24, 2.45) is 11.8 Å². The van der Waals surface area contributed by atoms with Gasteiger partial charge in [0.25, 0.3) is 0 Å². The molecule has 2 N–H and O–H groups in total. The molecule has 0 amide bonds. The zero-order valence-electron chi connectivity index (χ0n) is 10.1. The highest BCUT2D eigenvalue weighted by atomic mass is 32.2. The number of rotatable bonds is 7. The van der Waals surface area contributed by atoms with Gasteiger partial charge in [-0.15, -0.1) is 0 Å². The van der Waals surface area contributed by atoms with Crippen molar-refractivity contribution in [2.45, 2.75) is 45.6 Å². The summed E-state index contributed by atoms with van der Waals surface area (Å²) in [6, 6.07) is 0. The minimum atomic E-state index is -3.10. The Morgan fingerprint density at radius 2 is 2.00 bits per heavy atom. The van der Waals surface area contributed by atoms with Crippen molar-refractivity contribution in [1.29, 1.82) is 0 Å². The van der Waals surface area contributed by atoms with Gasteiger partial charge < -0.3 is 5.11 Å². The first-order valence-electron chi connectivity index (χ1n) is 6.04. The number of aliphatic hydroxyl groups excluding tert-OH is 1. The van der Waals surface area contributed by atoms with E-state index in [1.54, 1.807) is 6.92 Å². The molecular weight excluding hydrogens is 226 g/mol. The van der Waals surface area contributed by atoms with Crippen molar-refractivity contribution in [3.63, 3.8) is 0 Å². The second kappa shape index (κ2) is 5.98. The highest BCUT2D eigenvalue weighted by molar-refractivity contribution is 7.89. The van der Waals surface area contributed by atoms with Crippen molar-refractivity contribution < 1.29 is 13.5 Å². The second-order valence-electron chi connectivity index (χ2n) is 5.12. The van der Waals surface area contributed by atoms with Gasteiger partial charge >= 0.3 is 0 Å². The van der Waals surface area contributed by atoms with Gasteiger partial charge in [0.2, 0.25) is 10.0 Å². The molecule has 0 aromatic carbocycles. The Morgan fingerprint density at radius 1 is 1.38 bits per heavy atom. The Bertz CT molecular complexity index is 296. The Hall–Kier alpha value is -0.130. The number of nitrogens with one attached hydrogen (secondary N) is 1. The molecule has 2 atom stereocenters. The summed E-state index contributed by atoms with van der Waals surface area (Å²) in [5, 5.41) is 9.17. The summed E-state index contributed by atoms with van der Waals surface area (Å²) in [7, 11) is -3.10. The lowest BCUT2D eigenvalue weighted by Crippen LogP contribution is -2.35. The van der Waals surface area contributed by atoms with Crippen LogP contribution in [0.4, 0.5) is 0 Å². The van der Waals surface area contributed by atoms with Crippen LogP contribution in [-0.4, -0.2) is 31.9 Å². The maximum absolute atomic E-state index is 11.7. The fraction of sp³-hybridized carbons (Fsp3) is 1.00. The molecule has 2 unspecified atom stereocenters. The molecule has 5 heteroatoms. The molecule has 4 nitrogen and oxygen atoms in total. The lowest BCUT2D eigenvalue weighted by molar-refractivity contribution is 0.164. The summed E-state index contributed by atoms with van der Waals surface area (Å²) in [6.07, 6.45) is 3.52. The van der Waals surface area contributed by atoms with E-state index in [0.717, 1.165) is 12.8 Å². The second-order valence-corrected chi connectivity index (χ2v) is 6.97. The average molecular weight is 249 g/mol. The molecule has 1 aliphatic rings. The summed E-state index contributed by atoms with van der Waals surface area (Å²) in [4.78, 5) is 0. The molecule has 96 valence electrons. The molecule has 0 spiro atoms. The van der Waals surface area contributed by atoms with Crippen molar-refractivity contribution in [2.75, 3.05) is 12.3 Å². The van der Waals surface area contributed by atoms with Gasteiger partial charge in [-0.3, -0.25) is 0 Å². The minimum Gasteiger partial charge on any atom is -0.393 e. The van der Waals surface area contributed by atoms with E-state index in [2.05, 4.69) is 4.72 Å². The normalized spacial score (nSPS) is 21.4. The van der Waals surface area contributed by atoms with E-state index in [1.807, 2.05) is 6.92 Å². The molecule has 0 aliphatic heterocycles. The van der Waals surface area contributed by atoms with Crippen LogP contribution in [0.2, 0.25) is 0 Å². The minimum absolute atomic E-state index is 0.177. The third-order valence-electron chi connectivity index (χ3n) is 3.08. The molecule has 16 heavy (non-hydrogen) atoms. The van der Waals surface area contributed by atoms with E-state index in [9.17, 15) is 8.42 Å². The van der Waals surface area contributed by atoms with Crippen LogP contribution in [0.5, 0.6) is 0 Å². The van der Waals surface area contributed by atoms with Crippen LogP contribution < -0.4 is 4.72 Å². The molecule has 1 rings (SSSR count).